The summed E-state index contributed by atoms with van der Waals surface area (Å²) >= 11 is 0. The van der Waals surface area contributed by atoms with Crippen molar-refractivity contribution in [2.24, 2.45) is 0 Å². The third-order valence-corrected chi connectivity index (χ3v) is 5.02. The van der Waals surface area contributed by atoms with E-state index in [0.29, 0.717) is 6.04 Å². The van der Waals surface area contributed by atoms with Crippen LogP contribution in [0.25, 0.3) is 0 Å². The zero-order valence-corrected chi connectivity index (χ0v) is 17.4. The van der Waals surface area contributed by atoms with Crippen LogP contribution in [0.1, 0.15) is 70.5 Å². The molecule has 160 valence electrons. The maximum absolute atomic E-state index is 9.10. The molecule has 8 nitrogen and oxygen atoms in total. The summed E-state index contributed by atoms with van der Waals surface area (Å²) in [5, 5.41) is 19.5. The normalized spacial score (nSPS) is 14.4. The van der Waals surface area contributed by atoms with E-state index < -0.39 is 11.9 Å². The molecular formula is C20H35N3O5. The van der Waals surface area contributed by atoms with Crippen LogP contribution >= 0.6 is 0 Å². The molecule has 0 radical (unpaired) electrons. The Morgan fingerprint density at radius 2 is 1.75 bits per heavy atom. The minimum absolute atomic E-state index is 0.591. The van der Waals surface area contributed by atoms with Crippen molar-refractivity contribution in [2.45, 2.75) is 71.8 Å². The highest BCUT2D eigenvalue weighted by Crippen LogP contribution is 2.29. The Balaban J connectivity index is 0.000000568. The number of ether oxygens (including phenoxy) is 1. The van der Waals surface area contributed by atoms with E-state index in [1.807, 2.05) is 0 Å². The Morgan fingerprint density at radius 1 is 1.14 bits per heavy atom. The molecule has 0 atom stereocenters. The molecule has 0 aliphatic heterocycles. The molecule has 1 aliphatic rings. The minimum Gasteiger partial charge on any atom is -0.477 e. The monoisotopic (exact) mass is 397 g/mol. The first kappa shape index (κ1) is 23.9. The number of nitrogens with zero attached hydrogens (tertiary/aromatic N) is 3. The van der Waals surface area contributed by atoms with Crippen LogP contribution in [-0.2, 0) is 9.59 Å². The van der Waals surface area contributed by atoms with Crippen molar-refractivity contribution in [1.82, 2.24) is 14.7 Å². The fourth-order valence-corrected chi connectivity index (χ4v) is 3.38. The highest BCUT2D eigenvalue weighted by molar-refractivity contribution is 6.27. The average Bonchev–Trinajstić information content (AvgIpc) is 3.06. The molecule has 1 aromatic heterocycles. The fraction of sp³-hybridized carbons (Fsp3) is 0.750. The molecule has 1 fully saturated rings. The lowest BCUT2D eigenvalue weighted by atomic mass is 9.95. The number of carboxylic acid groups (broad SMARTS) is 2. The summed E-state index contributed by atoms with van der Waals surface area (Å²) in [5.74, 6) is -2.84. The first-order valence-corrected chi connectivity index (χ1v) is 10.3. The molecule has 0 aromatic carbocycles. The SMILES string of the molecule is CCN(CC)CCCCOc1cc(C)n(C2CCCCC2)n1.O=C(O)C(=O)O. The molecule has 0 amide bonds. The Labute approximate surface area is 167 Å². The maximum Gasteiger partial charge on any atom is 0.414 e. The summed E-state index contributed by atoms with van der Waals surface area (Å²) in [4.78, 5) is 20.7. The number of unbranched alkanes of at least 4 members (excludes halogenated alkanes) is 1. The smallest absolute Gasteiger partial charge is 0.414 e. The van der Waals surface area contributed by atoms with Gasteiger partial charge in [0.2, 0.25) is 5.88 Å². The second kappa shape index (κ2) is 13.1. The number of hydrogen-bond donors (Lipinski definition) is 2. The molecule has 28 heavy (non-hydrogen) atoms. The van der Waals surface area contributed by atoms with Crippen molar-refractivity contribution in [1.29, 1.82) is 0 Å². The van der Waals surface area contributed by atoms with Gasteiger partial charge in [-0.05, 0) is 52.2 Å². The van der Waals surface area contributed by atoms with E-state index in [9.17, 15) is 0 Å². The van der Waals surface area contributed by atoms with Crippen LogP contribution in [0.15, 0.2) is 6.07 Å². The van der Waals surface area contributed by atoms with E-state index in [1.165, 1.54) is 50.8 Å². The van der Waals surface area contributed by atoms with Gasteiger partial charge in [-0.2, -0.15) is 0 Å². The quantitative estimate of drug-likeness (QED) is 0.486. The van der Waals surface area contributed by atoms with Gasteiger partial charge < -0.3 is 19.8 Å². The van der Waals surface area contributed by atoms with Crippen LogP contribution in [0, 0.1) is 6.92 Å². The largest absolute Gasteiger partial charge is 0.477 e. The average molecular weight is 398 g/mol. The van der Waals surface area contributed by atoms with Crippen molar-refractivity contribution in [3.05, 3.63) is 11.8 Å². The van der Waals surface area contributed by atoms with E-state index in [4.69, 9.17) is 24.5 Å². The lowest BCUT2D eigenvalue weighted by Crippen LogP contribution is -2.24. The number of carbonyl (C=O) groups is 2. The number of aliphatic carboxylic acids is 2. The summed E-state index contributed by atoms with van der Waals surface area (Å²) in [7, 11) is 0. The maximum atomic E-state index is 9.10. The van der Waals surface area contributed by atoms with Crippen molar-refractivity contribution in [3.8, 4) is 5.88 Å². The van der Waals surface area contributed by atoms with E-state index in [2.05, 4.69) is 41.5 Å². The molecule has 1 aromatic rings. The van der Waals surface area contributed by atoms with Crippen LogP contribution < -0.4 is 4.74 Å². The van der Waals surface area contributed by atoms with E-state index in [-0.39, 0.29) is 0 Å². The van der Waals surface area contributed by atoms with Crippen molar-refractivity contribution < 1.29 is 24.5 Å². The zero-order valence-electron chi connectivity index (χ0n) is 17.4. The standard InChI is InChI=1S/C18H33N3O.C2H2O4/c1-4-20(5-2)13-9-10-14-22-18-15-16(3)21(19-18)17-11-7-6-8-12-17;3-1(4)2(5)6/h15,17H,4-14H2,1-3H3;(H,3,4)(H,5,6). The van der Waals surface area contributed by atoms with Crippen LogP contribution in [0.5, 0.6) is 5.88 Å². The van der Waals surface area contributed by atoms with E-state index in [0.717, 1.165) is 32.0 Å². The van der Waals surface area contributed by atoms with E-state index in [1.54, 1.807) is 0 Å². The van der Waals surface area contributed by atoms with Gasteiger partial charge in [0, 0.05) is 11.8 Å². The van der Waals surface area contributed by atoms with Gasteiger partial charge in [-0.1, -0.05) is 33.1 Å². The van der Waals surface area contributed by atoms with Gasteiger partial charge in [0.15, 0.2) is 0 Å². The zero-order chi connectivity index (χ0) is 20.9. The van der Waals surface area contributed by atoms with Crippen LogP contribution in [0.4, 0.5) is 0 Å². The van der Waals surface area contributed by atoms with Gasteiger partial charge in [-0.3, -0.25) is 4.68 Å². The highest BCUT2D eigenvalue weighted by atomic mass is 16.5. The third kappa shape index (κ3) is 8.73. The minimum atomic E-state index is -1.82. The number of aryl methyl sites for hydroxylation is 1. The molecule has 1 saturated carbocycles. The Morgan fingerprint density at radius 3 is 2.29 bits per heavy atom. The number of aromatic nitrogens is 2. The van der Waals surface area contributed by atoms with Gasteiger partial charge >= 0.3 is 11.9 Å². The van der Waals surface area contributed by atoms with Crippen molar-refractivity contribution in [3.63, 3.8) is 0 Å². The van der Waals surface area contributed by atoms with Crippen LogP contribution in [0.3, 0.4) is 0 Å². The van der Waals surface area contributed by atoms with Gasteiger partial charge in [-0.15, -0.1) is 5.10 Å². The van der Waals surface area contributed by atoms with Gasteiger partial charge in [0.25, 0.3) is 0 Å². The fourth-order valence-electron chi connectivity index (χ4n) is 3.38. The van der Waals surface area contributed by atoms with Crippen LogP contribution in [-0.4, -0.2) is 63.1 Å². The topological polar surface area (TPSA) is 105 Å². The first-order chi connectivity index (χ1) is 13.4. The summed E-state index contributed by atoms with van der Waals surface area (Å²) < 4.78 is 8.06. The summed E-state index contributed by atoms with van der Waals surface area (Å²) in [6, 6.07) is 2.69. The predicted molar refractivity (Wildman–Crippen MR) is 107 cm³/mol. The van der Waals surface area contributed by atoms with Crippen molar-refractivity contribution in [2.75, 3.05) is 26.2 Å². The molecule has 1 aliphatic carbocycles. The third-order valence-electron chi connectivity index (χ3n) is 5.02. The predicted octanol–water partition coefficient (Wildman–Crippen LogP) is 3.35. The summed E-state index contributed by atoms with van der Waals surface area (Å²) in [5.41, 5.74) is 1.24. The van der Waals surface area contributed by atoms with E-state index >= 15 is 0 Å². The second-order valence-corrected chi connectivity index (χ2v) is 7.05. The summed E-state index contributed by atoms with van der Waals surface area (Å²) in [6.07, 6.45) is 8.90. The summed E-state index contributed by atoms with van der Waals surface area (Å²) in [6.45, 7) is 10.8. The molecule has 2 rings (SSSR count). The van der Waals surface area contributed by atoms with Gasteiger partial charge in [-0.25, -0.2) is 9.59 Å². The second-order valence-electron chi connectivity index (χ2n) is 7.05. The Kier molecular flexibility index (Phi) is 11.2. The van der Waals surface area contributed by atoms with Crippen LogP contribution in [0.2, 0.25) is 0 Å². The number of carboxylic acids is 2. The number of rotatable bonds is 9. The van der Waals surface area contributed by atoms with Crippen molar-refractivity contribution >= 4 is 11.9 Å². The van der Waals surface area contributed by atoms with Gasteiger partial charge in [0.1, 0.15) is 0 Å². The molecule has 0 unspecified atom stereocenters. The molecule has 0 saturated heterocycles. The molecule has 2 N–H and O–H groups in total. The Bertz CT molecular complexity index is 581. The molecule has 0 bridgehead atoms. The molecule has 1 heterocycles. The van der Waals surface area contributed by atoms with Gasteiger partial charge in [0.05, 0.1) is 12.6 Å². The highest BCUT2D eigenvalue weighted by Gasteiger charge is 2.18. The molecule has 0 spiro atoms. The molecule has 8 heteroatoms. The Hall–Kier alpha value is -2.09. The first-order valence-electron chi connectivity index (χ1n) is 10.3. The lowest BCUT2D eigenvalue weighted by Gasteiger charge is -2.23. The lowest BCUT2D eigenvalue weighted by molar-refractivity contribution is -0.159. The number of hydrogen-bond acceptors (Lipinski definition) is 5. The molecular weight excluding hydrogens is 362 g/mol.